The monoisotopic (exact) mass is 587 g/mol. The Bertz CT molecular complexity index is 1240. The number of benzene rings is 2. The van der Waals surface area contributed by atoms with Crippen molar-refractivity contribution in [1.29, 1.82) is 0 Å². The van der Waals surface area contributed by atoms with Crippen molar-refractivity contribution in [2.45, 2.75) is 69.9 Å². The van der Waals surface area contributed by atoms with E-state index in [0.717, 1.165) is 18.4 Å². The van der Waals surface area contributed by atoms with E-state index in [-0.39, 0.29) is 23.9 Å². The van der Waals surface area contributed by atoms with Crippen LogP contribution in [0.2, 0.25) is 0 Å². The predicted octanol–water partition coefficient (Wildman–Crippen LogP) is 5.70. The largest absolute Gasteiger partial charge is 0.416 e. The molecule has 2 amide bonds. The van der Waals surface area contributed by atoms with E-state index in [1.54, 1.807) is 17.9 Å². The van der Waals surface area contributed by atoms with Crippen LogP contribution in [0, 0.1) is 12.7 Å². The van der Waals surface area contributed by atoms with Crippen LogP contribution in [0.5, 0.6) is 0 Å². The van der Waals surface area contributed by atoms with Gasteiger partial charge in [0.1, 0.15) is 5.82 Å². The number of aryl methyl sites for hydroxylation is 1. The zero-order valence-electron chi connectivity index (χ0n) is 22.7. The normalized spacial score (nSPS) is 21.1. The minimum absolute atomic E-state index is 0.0211. The van der Waals surface area contributed by atoms with E-state index in [9.17, 15) is 40.3 Å². The van der Waals surface area contributed by atoms with Crippen LogP contribution in [-0.4, -0.2) is 59.9 Å². The minimum atomic E-state index is -5.01. The Kier molecular flexibility index (Phi) is 9.01. The van der Waals surface area contributed by atoms with Crippen molar-refractivity contribution < 1.29 is 40.3 Å². The van der Waals surface area contributed by atoms with Gasteiger partial charge in [0, 0.05) is 51.1 Å². The SMILES string of the molecule is CC(=O)N1CCC(N2CC[C@@H](NC(=O)Cc3cc(C(F)(F)F)cc(C(F)(F)F)c3)[C@H](c3ccc(F)cc3C)C2)CC1. The molecule has 0 aliphatic carbocycles. The fraction of sp³-hybridized carbons (Fsp3) is 0.517. The summed E-state index contributed by atoms with van der Waals surface area (Å²) in [5, 5.41) is 2.84. The molecule has 0 spiro atoms. The van der Waals surface area contributed by atoms with Gasteiger partial charge in [-0.05, 0) is 73.2 Å². The fourth-order valence-electron chi connectivity index (χ4n) is 5.96. The number of nitrogens with one attached hydrogen (secondary N) is 1. The van der Waals surface area contributed by atoms with Crippen molar-refractivity contribution >= 4 is 11.8 Å². The molecule has 0 radical (unpaired) electrons. The smallest absolute Gasteiger partial charge is 0.352 e. The lowest BCUT2D eigenvalue weighted by Gasteiger charge is -2.45. The van der Waals surface area contributed by atoms with Gasteiger partial charge in [-0.1, -0.05) is 6.07 Å². The first-order chi connectivity index (χ1) is 19.1. The Labute approximate surface area is 233 Å². The molecule has 2 aliphatic rings. The highest BCUT2D eigenvalue weighted by Gasteiger charge is 2.38. The van der Waals surface area contributed by atoms with E-state index < -0.39 is 53.2 Å². The molecule has 0 saturated carbocycles. The van der Waals surface area contributed by atoms with Crippen molar-refractivity contribution in [1.82, 2.24) is 15.1 Å². The number of piperidine rings is 2. The van der Waals surface area contributed by atoms with Gasteiger partial charge in [0.25, 0.3) is 0 Å². The summed E-state index contributed by atoms with van der Waals surface area (Å²) in [5.74, 6) is -1.38. The second-order valence-electron chi connectivity index (χ2n) is 10.9. The van der Waals surface area contributed by atoms with Gasteiger partial charge in [0.05, 0.1) is 17.5 Å². The number of alkyl halides is 6. The minimum Gasteiger partial charge on any atom is -0.352 e. The average molecular weight is 588 g/mol. The second-order valence-corrected chi connectivity index (χ2v) is 10.9. The summed E-state index contributed by atoms with van der Waals surface area (Å²) in [7, 11) is 0. The highest BCUT2D eigenvalue weighted by Crippen LogP contribution is 2.37. The van der Waals surface area contributed by atoms with Crippen LogP contribution in [0.15, 0.2) is 36.4 Å². The Morgan fingerprint density at radius 1 is 0.902 bits per heavy atom. The van der Waals surface area contributed by atoms with Gasteiger partial charge in [-0.2, -0.15) is 26.3 Å². The molecule has 0 aromatic heterocycles. The zero-order chi connectivity index (χ0) is 30.1. The lowest BCUT2D eigenvalue weighted by atomic mass is 9.82. The molecule has 2 saturated heterocycles. The fourth-order valence-corrected chi connectivity index (χ4v) is 5.96. The summed E-state index contributed by atoms with van der Waals surface area (Å²) in [5.41, 5.74) is -1.86. The number of halogens is 7. The van der Waals surface area contributed by atoms with E-state index in [4.69, 9.17) is 0 Å². The Balaban J connectivity index is 1.53. The third-order valence-electron chi connectivity index (χ3n) is 8.06. The first kappa shape index (κ1) is 30.8. The number of likely N-dealkylation sites (tertiary alicyclic amines) is 2. The highest BCUT2D eigenvalue weighted by atomic mass is 19.4. The van der Waals surface area contributed by atoms with Gasteiger partial charge >= 0.3 is 12.4 Å². The maximum atomic E-state index is 13.9. The van der Waals surface area contributed by atoms with Gasteiger partial charge < -0.3 is 10.2 Å². The van der Waals surface area contributed by atoms with Crippen molar-refractivity contribution in [3.8, 4) is 0 Å². The summed E-state index contributed by atoms with van der Waals surface area (Å²) in [6.07, 6.45) is -8.63. The van der Waals surface area contributed by atoms with Gasteiger partial charge in [-0.25, -0.2) is 4.39 Å². The number of hydrogen-bond donors (Lipinski definition) is 1. The molecular weight excluding hydrogens is 555 g/mol. The average Bonchev–Trinajstić information content (AvgIpc) is 2.88. The molecule has 2 aliphatic heterocycles. The number of rotatable bonds is 5. The molecule has 41 heavy (non-hydrogen) atoms. The summed E-state index contributed by atoms with van der Waals surface area (Å²) in [4.78, 5) is 28.8. The van der Waals surface area contributed by atoms with Gasteiger partial charge in [0.2, 0.25) is 11.8 Å². The van der Waals surface area contributed by atoms with Crippen LogP contribution in [-0.2, 0) is 28.4 Å². The maximum Gasteiger partial charge on any atom is 0.416 e. The molecule has 2 fully saturated rings. The Morgan fingerprint density at radius 2 is 1.51 bits per heavy atom. The topological polar surface area (TPSA) is 52.7 Å². The van der Waals surface area contributed by atoms with Gasteiger partial charge in [-0.3, -0.25) is 14.5 Å². The van der Waals surface area contributed by atoms with Crippen LogP contribution in [0.3, 0.4) is 0 Å². The lowest BCUT2D eigenvalue weighted by Crippen LogP contribution is -2.55. The van der Waals surface area contributed by atoms with Crippen molar-refractivity contribution in [3.05, 3.63) is 70.0 Å². The van der Waals surface area contributed by atoms with Crippen molar-refractivity contribution in [3.63, 3.8) is 0 Å². The molecule has 2 aromatic carbocycles. The lowest BCUT2D eigenvalue weighted by molar-refractivity contribution is -0.143. The standard InChI is InChI=1S/C29H32F7N3O2/c1-17-11-22(30)3-4-24(17)25-16-39(23-5-8-38(9-6-23)18(2)40)10-7-26(25)37-27(41)14-19-12-20(28(31,32)33)15-21(13-19)29(34,35)36/h3-4,11-13,15,23,25-26H,5-10,14,16H2,1-2H3,(H,37,41)/t25-,26+/m0/s1. The van der Waals surface area contributed by atoms with E-state index in [1.807, 2.05) is 0 Å². The van der Waals surface area contributed by atoms with E-state index >= 15 is 0 Å². The van der Waals surface area contributed by atoms with Gasteiger partial charge in [0.15, 0.2) is 0 Å². The molecule has 224 valence electrons. The van der Waals surface area contributed by atoms with E-state index in [1.165, 1.54) is 19.1 Å². The quantitative estimate of drug-likeness (QED) is 0.457. The molecule has 4 rings (SSSR count). The third kappa shape index (κ3) is 7.58. The van der Waals surface area contributed by atoms with Crippen LogP contribution in [0.25, 0.3) is 0 Å². The van der Waals surface area contributed by atoms with Gasteiger partial charge in [-0.15, -0.1) is 0 Å². The summed E-state index contributed by atoms with van der Waals surface area (Å²) in [6.45, 7) is 5.67. The summed E-state index contributed by atoms with van der Waals surface area (Å²) in [6, 6.07) is 5.26. The number of nitrogens with zero attached hydrogens (tertiary/aromatic N) is 2. The molecule has 2 atom stereocenters. The Morgan fingerprint density at radius 3 is 2.05 bits per heavy atom. The molecule has 0 unspecified atom stereocenters. The molecule has 2 aromatic rings. The van der Waals surface area contributed by atoms with E-state index in [0.29, 0.717) is 50.3 Å². The van der Waals surface area contributed by atoms with Crippen molar-refractivity contribution in [2.24, 2.45) is 0 Å². The molecule has 12 heteroatoms. The van der Waals surface area contributed by atoms with Crippen LogP contribution in [0.4, 0.5) is 30.7 Å². The summed E-state index contributed by atoms with van der Waals surface area (Å²) >= 11 is 0. The van der Waals surface area contributed by atoms with Crippen LogP contribution >= 0.6 is 0 Å². The molecule has 2 heterocycles. The predicted molar refractivity (Wildman–Crippen MR) is 137 cm³/mol. The van der Waals surface area contributed by atoms with E-state index in [2.05, 4.69) is 10.2 Å². The first-order valence-corrected chi connectivity index (χ1v) is 13.4. The summed E-state index contributed by atoms with van der Waals surface area (Å²) < 4.78 is 93.6. The number of carbonyl (C=O) groups excluding carboxylic acids is 2. The zero-order valence-corrected chi connectivity index (χ0v) is 22.7. The second kappa shape index (κ2) is 12.0. The molecule has 1 N–H and O–H groups in total. The highest BCUT2D eigenvalue weighted by molar-refractivity contribution is 5.79. The van der Waals surface area contributed by atoms with Crippen molar-refractivity contribution in [2.75, 3.05) is 26.2 Å². The first-order valence-electron chi connectivity index (χ1n) is 13.4. The molecule has 0 bridgehead atoms. The van der Waals surface area contributed by atoms with Crippen LogP contribution < -0.4 is 5.32 Å². The van der Waals surface area contributed by atoms with Crippen LogP contribution in [0.1, 0.15) is 59.9 Å². The Hall–Kier alpha value is -3.15. The number of hydrogen-bond acceptors (Lipinski definition) is 3. The third-order valence-corrected chi connectivity index (χ3v) is 8.06. The number of amides is 2. The molecule has 5 nitrogen and oxygen atoms in total. The molecular formula is C29H32F7N3O2. The number of carbonyl (C=O) groups is 2. The maximum absolute atomic E-state index is 13.9.